The van der Waals surface area contributed by atoms with Gasteiger partial charge in [-0.1, -0.05) is 29.8 Å². The van der Waals surface area contributed by atoms with E-state index < -0.39 is 27.5 Å². The van der Waals surface area contributed by atoms with E-state index in [-0.39, 0.29) is 44.9 Å². The molecule has 1 fully saturated rings. The van der Waals surface area contributed by atoms with E-state index in [9.17, 15) is 18.0 Å². The number of allylic oxidation sites excluding steroid dienone is 1. The highest BCUT2D eigenvalue weighted by molar-refractivity contribution is 7.87. The fraction of sp³-hybridized carbons (Fsp3) is 0.483. The highest BCUT2D eigenvalue weighted by atomic mass is 35.5. The number of ether oxygens (including phenoxy) is 2. The molecule has 2 aromatic rings. The lowest BCUT2D eigenvalue weighted by Crippen LogP contribution is -2.55. The van der Waals surface area contributed by atoms with Crippen LogP contribution in [0.15, 0.2) is 60.6 Å². The second kappa shape index (κ2) is 14.7. The van der Waals surface area contributed by atoms with Crippen LogP contribution in [0.2, 0.25) is 5.02 Å². The Morgan fingerprint density at radius 2 is 1.81 bits per heavy atom. The van der Waals surface area contributed by atoms with Crippen molar-refractivity contribution in [1.29, 1.82) is 0 Å². The average molecular weight is 622 g/mol. The van der Waals surface area contributed by atoms with E-state index in [2.05, 4.69) is 18.3 Å². The third kappa shape index (κ3) is 8.59. The summed E-state index contributed by atoms with van der Waals surface area (Å²) in [5.41, 5.74) is -0.352. The monoisotopic (exact) mass is 621 g/mol. The molecule has 0 bridgehead atoms. The Kier molecular flexibility index (Phi) is 11.6. The lowest BCUT2D eigenvalue weighted by Gasteiger charge is -2.38. The highest BCUT2D eigenvalue weighted by Crippen LogP contribution is 2.27. The zero-order valence-electron chi connectivity index (χ0n) is 24.5. The van der Waals surface area contributed by atoms with E-state index in [1.54, 1.807) is 57.3 Å². The zero-order chi connectivity index (χ0) is 30.9. The fourth-order valence-corrected chi connectivity index (χ4v) is 5.92. The molecule has 0 aliphatic carbocycles. The summed E-state index contributed by atoms with van der Waals surface area (Å²) in [5, 5.41) is 4.83. The number of carbonyl (C=O) groups excluding carboxylic acids is 1. The molecule has 11 nitrogen and oxygen atoms in total. The summed E-state index contributed by atoms with van der Waals surface area (Å²) in [6.45, 7) is 13.3. The normalized spacial score (nSPS) is 14.3. The van der Waals surface area contributed by atoms with E-state index in [0.29, 0.717) is 23.0 Å². The SMILES string of the molecule is C=CCCCCOc1c(N2CCN(S(=O)(=O)N(CCC=C)C(=O)OC(C)(C)C)CC2)cnn(-c2cccc(Cl)c2)c1=O. The molecule has 0 spiro atoms. The van der Waals surface area contributed by atoms with Crippen LogP contribution in [-0.4, -0.2) is 77.8 Å². The van der Waals surface area contributed by atoms with Crippen molar-refractivity contribution in [3.05, 3.63) is 71.1 Å². The molecule has 1 aromatic heterocycles. The van der Waals surface area contributed by atoms with Crippen LogP contribution in [0.1, 0.15) is 46.5 Å². The quantitative estimate of drug-likeness (QED) is 0.231. The molecular formula is C29H40ClN5O6S. The fourth-order valence-electron chi connectivity index (χ4n) is 4.27. The molecule has 1 aromatic carbocycles. The van der Waals surface area contributed by atoms with E-state index in [1.807, 2.05) is 11.0 Å². The van der Waals surface area contributed by atoms with Crippen LogP contribution in [0.25, 0.3) is 5.69 Å². The number of hydrogen-bond acceptors (Lipinski definition) is 8. The van der Waals surface area contributed by atoms with Gasteiger partial charge in [0.05, 0.1) is 18.5 Å². The number of halogens is 1. The molecule has 13 heteroatoms. The Labute approximate surface area is 253 Å². The van der Waals surface area contributed by atoms with E-state index in [4.69, 9.17) is 21.1 Å². The van der Waals surface area contributed by atoms with Crippen molar-refractivity contribution >= 4 is 33.6 Å². The zero-order valence-corrected chi connectivity index (χ0v) is 26.1. The van der Waals surface area contributed by atoms with Crippen LogP contribution in [0.5, 0.6) is 5.75 Å². The third-order valence-electron chi connectivity index (χ3n) is 6.33. The molecule has 0 unspecified atom stereocenters. The summed E-state index contributed by atoms with van der Waals surface area (Å²) in [6, 6.07) is 6.79. The van der Waals surface area contributed by atoms with Crippen LogP contribution < -0.4 is 15.2 Å². The minimum Gasteiger partial charge on any atom is -0.486 e. The number of anilines is 1. The summed E-state index contributed by atoms with van der Waals surface area (Å²) in [5.74, 6) is 0.126. The maximum Gasteiger partial charge on any atom is 0.425 e. The van der Waals surface area contributed by atoms with Crippen molar-refractivity contribution in [3.8, 4) is 11.4 Å². The Balaban J connectivity index is 1.85. The Morgan fingerprint density at radius 1 is 1.12 bits per heavy atom. The molecule has 230 valence electrons. The van der Waals surface area contributed by atoms with Gasteiger partial charge in [-0.25, -0.2) is 4.79 Å². The van der Waals surface area contributed by atoms with Crippen molar-refractivity contribution < 1.29 is 22.7 Å². The molecule has 2 heterocycles. The molecular weight excluding hydrogens is 582 g/mol. The number of hydrogen-bond donors (Lipinski definition) is 0. The summed E-state index contributed by atoms with van der Waals surface area (Å²) >= 11 is 6.14. The van der Waals surface area contributed by atoms with Gasteiger partial charge < -0.3 is 14.4 Å². The smallest absolute Gasteiger partial charge is 0.425 e. The molecule has 1 amide bonds. The first kappa shape index (κ1) is 33.2. The largest absolute Gasteiger partial charge is 0.486 e. The van der Waals surface area contributed by atoms with Crippen LogP contribution in [0.3, 0.4) is 0 Å². The number of rotatable bonds is 13. The third-order valence-corrected chi connectivity index (χ3v) is 8.48. The minimum atomic E-state index is -4.18. The lowest BCUT2D eigenvalue weighted by atomic mass is 10.2. The van der Waals surface area contributed by atoms with Gasteiger partial charge in [0.2, 0.25) is 5.75 Å². The number of aromatic nitrogens is 2. The van der Waals surface area contributed by atoms with Gasteiger partial charge in [0.1, 0.15) is 11.3 Å². The molecule has 0 N–H and O–H groups in total. The molecule has 42 heavy (non-hydrogen) atoms. The van der Waals surface area contributed by atoms with E-state index in [0.717, 1.165) is 23.6 Å². The predicted octanol–water partition coefficient (Wildman–Crippen LogP) is 4.80. The van der Waals surface area contributed by atoms with Crippen LogP contribution >= 0.6 is 11.6 Å². The first-order valence-electron chi connectivity index (χ1n) is 13.9. The van der Waals surface area contributed by atoms with Gasteiger partial charge in [-0.15, -0.1) is 13.2 Å². The van der Waals surface area contributed by atoms with Gasteiger partial charge >= 0.3 is 21.9 Å². The number of amides is 1. The molecule has 3 rings (SSSR count). The van der Waals surface area contributed by atoms with Crippen LogP contribution in [-0.2, 0) is 14.9 Å². The molecule has 1 aliphatic rings. The topological polar surface area (TPSA) is 114 Å². The molecule has 1 saturated heterocycles. The maximum absolute atomic E-state index is 13.6. The Morgan fingerprint density at radius 3 is 2.43 bits per heavy atom. The first-order chi connectivity index (χ1) is 19.9. The Bertz CT molecular complexity index is 1410. The van der Waals surface area contributed by atoms with Crippen molar-refractivity contribution in [3.63, 3.8) is 0 Å². The number of unbranched alkanes of at least 4 members (excludes halogenated alkanes) is 2. The van der Waals surface area contributed by atoms with Crippen molar-refractivity contribution in [1.82, 2.24) is 18.4 Å². The van der Waals surface area contributed by atoms with Crippen LogP contribution in [0.4, 0.5) is 10.5 Å². The van der Waals surface area contributed by atoms with E-state index in [1.165, 1.54) is 8.99 Å². The maximum atomic E-state index is 13.6. The van der Waals surface area contributed by atoms with Gasteiger partial charge in [-0.2, -0.15) is 26.8 Å². The number of carbonyl (C=O) groups is 1. The lowest BCUT2D eigenvalue weighted by molar-refractivity contribution is 0.0383. The molecule has 0 saturated carbocycles. The molecule has 0 atom stereocenters. The number of nitrogens with zero attached hydrogens (tertiary/aromatic N) is 5. The second-order valence-corrected chi connectivity index (χ2v) is 13.0. The van der Waals surface area contributed by atoms with Gasteiger partial charge in [0.25, 0.3) is 0 Å². The number of piperazine rings is 1. The number of benzene rings is 1. The minimum absolute atomic E-state index is 0.0753. The highest BCUT2D eigenvalue weighted by Gasteiger charge is 2.38. The van der Waals surface area contributed by atoms with Crippen LogP contribution in [0, 0.1) is 0 Å². The summed E-state index contributed by atoms with van der Waals surface area (Å²) in [7, 11) is -4.18. The molecule has 0 radical (unpaired) electrons. The summed E-state index contributed by atoms with van der Waals surface area (Å²) in [4.78, 5) is 28.3. The van der Waals surface area contributed by atoms with Gasteiger partial charge in [-0.3, -0.25) is 4.79 Å². The average Bonchev–Trinajstić information content (AvgIpc) is 2.93. The predicted molar refractivity (Wildman–Crippen MR) is 165 cm³/mol. The second-order valence-electron chi connectivity index (χ2n) is 10.7. The first-order valence-corrected chi connectivity index (χ1v) is 15.6. The van der Waals surface area contributed by atoms with E-state index >= 15 is 0 Å². The Hall–Kier alpha value is -3.35. The van der Waals surface area contributed by atoms with Crippen molar-refractivity contribution in [2.75, 3.05) is 44.2 Å². The summed E-state index contributed by atoms with van der Waals surface area (Å²) in [6.07, 6.45) is 6.69. The van der Waals surface area contributed by atoms with Gasteiger partial charge in [0.15, 0.2) is 0 Å². The molecule has 1 aliphatic heterocycles. The van der Waals surface area contributed by atoms with Crippen molar-refractivity contribution in [2.24, 2.45) is 0 Å². The summed E-state index contributed by atoms with van der Waals surface area (Å²) < 4.78 is 41.7. The van der Waals surface area contributed by atoms with Gasteiger partial charge in [-0.05, 0) is 64.7 Å². The van der Waals surface area contributed by atoms with Crippen molar-refractivity contribution in [2.45, 2.75) is 52.1 Å². The standard InChI is InChI=1S/C29H40ClN5O6S/c1-6-8-10-11-20-40-26-25(22-31-35(27(26)36)24-14-12-13-23(30)21-24)32-16-18-33(19-17-32)42(38,39)34(15-9-7-2)28(37)41-29(3,4)5/h6-7,12-14,21-22H,1-2,8-11,15-20H2,3-5H3. The van der Waals surface area contributed by atoms with Gasteiger partial charge in [0, 0.05) is 37.7 Å².